The normalized spacial score (nSPS) is 19.8. The number of ether oxygens (including phenoxy) is 1. The molecule has 0 radical (unpaired) electrons. The Kier molecular flexibility index (Phi) is 8.95. The summed E-state index contributed by atoms with van der Waals surface area (Å²) in [5.74, 6) is -0.811. The number of aliphatic hydroxyl groups is 1. The highest BCUT2D eigenvalue weighted by Gasteiger charge is 2.53. The van der Waals surface area contributed by atoms with Crippen LogP contribution in [0, 0.1) is 0 Å². The van der Waals surface area contributed by atoms with Crippen LogP contribution < -0.4 is 10.4 Å². The van der Waals surface area contributed by atoms with Gasteiger partial charge in [-0.1, -0.05) is 88.4 Å². The van der Waals surface area contributed by atoms with E-state index in [0.29, 0.717) is 6.42 Å². The van der Waals surface area contributed by atoms with Gasteiger partial charge in [-0.2, -0.15) is 4.79 Å². The molecule has 0 spiro atoms. The molecule has 1 aliphatic rings. The van der Waals surface area contributed by atoms with Crippen molar-refractivity contribution in [1.29, 1.82) is 0 Å². The van der Waals surface area contributed by atoms with Gasteiger partial charge in [0.25, 0.3) is 8.32 Å². The molecule has 0 saturated carbocycles. The van der Waals surface area contributed by atoms with E-state index in [1.54, 1.807) is 19.5 Å². The molecule has 3 atom stereocenters. The van der Waals surface area contributed by atoms with E-state index < -0.39 is 20.4 Å². The number of esters is 1. The third-order valence-corrected chi connectivity index (χ3v) is 13.3. The fraction of sp³-hybridized carbons (Fsp3) is 0.438. The summed E-state index contributed by atoms with van der Waals surface area (Å²) in [5.41, 5.74) is 10.7. The van der Waals surface area contributed by atoms with Crippen LogP contribution >= 0.6 is 0 Å². The van der Waals surface area contributed by atoms with Gasteiger partial charge < -0.3 is 24.2 Å². The van der Waals surface area contributed by atoms with Gasteiger partial charge in [0.1, 0.15) is 0 Å². The summed E-state index contributed by atoms with van der Waals surface area (Å²) >= 11 is 0. The smallest absolute Gasteiger partial charge is 0.419 e. The Bertz CT molecular complexity index is 1300. The number of hydrogen-bond donors (Lipinski definition) is 1. The maximum Gasteiger partial charge on any atom is 0.419 e. The SMILES string of the molecule is CCOC(=O)C(=[N+]=[N-])C(O)CC[C@]1(C)CC[C@H](O[Si](c2ccccc2)(c2ccccc2)C(C)(C)C)c2cocc21. The molecule has 1 N–H and O–H groups in total. The molecule has 1 aromatic heterocycles. The Morgan fingerprint density at radius 3 is 2.25 bits per heavy atom. The van der Waals surface area contributed by atoms with Gasteiger partial charge in [0.05, 0.1) is 25.2 Å². The van der Waals surface area contributed by atoms with Crippen LogP contribution in [0.4, 0.5) is 0 Å². The van der Waals surface area contributed by atoms with Crippen molar-refractivity contribution in [2.75, 3.05) is 6.61 Å². The molecule has 0 amide bonds. The van der Waals surface area contributed by atoms with Crippen molar-refractivity contribution in [3.05, 3.63) is 89.8 Å². The highest BCUT2D eigenvalue weighted by molar-refractivity contribution is 6.99. The van der Waals surface area contributed by atoms with Crippen molar-refractivity contribution in [3.63, 3.8) is 0 Å². The fourth-order valence-electron chi connectivity index (χ4n) is 6.11. The number of aliphatic hydroxyl groups excluding tert-OH is 1. The van der Waals surface area contributed by atoms with E-state index in [1.807, 2.05) is 12.1 Å². The number of nitrogens with zero attached hydrogens (tertiary/aromatic N) is 2. The lowest BCUT2D eigenvalue weighted by Gasteiger charge is -2.47. The first-order chi connectivity index (χ1) is 19.1. The molecule has 212 valence electrons. The number of fused-ring (bicyclic) bond motifs is 1. The van der Waals surface area contributed by atoms with Crippen molar-refractivity contribution in [1.82, 2.24) is 0 Å². The van der Waals surface area contributed by atoms with Gasteiger partial charge in [0.2, 0.25) is 0 Å². The molecular formula is C32H40N2O5Si. The van der Waals surface area contributed by atoms with Crippen molar-refractivity contribution >= 4 is 30.4 Å². The zero-order valence-corrected chi connectivity index (χ0v) is 25.1. The zero-order valence-electron chi connectivity index (χ0n) is 24.1. The molecule has 40 heavy (non-hydrogen) atoms. The summed E-state index contributed by atoms with van der Waals surface area (Å²) in [6.45, 7) is 10.8. The number of carbonyl (C=O) groups is 1. The Morgan fingerprint density at radius 1 is 1.12 bits per heavy atom. The monoisotopic (exact) mass is 560 g/mol. The summed E-state index contributed by atoms with van der Waals surface area (Å²) in [6.07, 6.45) is 4.57. The van der Waals surface area contributed by atoms with Gasteiger partial charge in [-0.05, 0) is 53.4 Å². The first kappa shape index (κ1) is 29.7. The highest BCUT2D eigenvalue weighted by atomic mass is 28.4. The lowest BCUT2D eigenvalue weighted by molar-refractivity contribution is -0.141. The van der Waals surface area contributed by atoms with Gasteiger partial charge in [-0.15, -0.1) is 0 Å². The van der Waals surface area contributed by atoms with Crippen LogP contribution in [-0.2, 0) is 19.4 Å². The van der Waals surface area contributed by atoms with Crippen LogP contribution in [0.5, 0.6) is 0 Å². The standard InChI is InChI=1S/C32H40N2O5Si/c1-6-38-30(36)29(34-33)27(35)17-19-32(5)20-18-28(25-21-37-22-26(25)32)39-40(31(2,3)4,23-13-9-7-10-14-23)24-15-11-8-12-16-24/h7-16,21-22,27-28,35H,6,17-20H2,1-5H3/t27?,28-,32+/m0/s1. The van der Waals surface area contributed by atoms with E-state index in [2.05, 4.69) is 81.0 Å². The quantitative estimate of drug-likeness (QED) is 0.119. The van der Waals surface area contributed by atoms with E-state index in [-0.39, 0.29) is 35.3 Å². The van der Waals surface area contributed by atoms with Gasteiger partial charge in [-0.25, -0.2) is 4.79 Å². The molecule has 0 fully saturated rings. The summed E-state index contributed by atoms with van der Waals surface area (Å²) in [7, 11) is -2.78. The topological polar surface area (TPSA) is 105 Å². The molecule has 1 heterocycles. The Morgan fingerprint density at radius 2 is 1.73 bits per heavy atom. The van der Waals surface area contributed by atoms with Crippen molar-refractivity contribution in [3.8, 4) is 0 Å². The number of carbonyl (C=O) groups excluding carboxylic acids is 1. The van der Waals surface area contributed by atoms with Crippen LogP contribution in [-0.4, -0.2) is 42.6 Å². The lowest BCUT2D eigenvalue weighted by Crippen LogP contribution is -2.67. The molecule has 1 aliphatic carbocycles. The number of furan rings is 1. The largest absolute Gasteiger partial charge is 0.472 e. The third-order valence-electron chi connectivity index (χ3n) is 8.26. The fourth-order valence-corrected chi connectivity index (χ4v) is 10.8. The van der Waals surface area contributed by atoms with Crippen LogP contribution in [0.2, 0.25) is 5.04 Å². The number of hydrogen-bond acceptors (Lipinski definition) is 5. The third kappa shape index (κ3) is 5.63. The molecule has 2 aromatic carbocycles. The summed E-state index contributed by atoms with van der Waals surface area (Å²) in [5, 5.41) is 13.0. The molecular weight excluding hydrogens is 520 g/mol. The van der Waals surface area contributed by atoms with Crippen LogP contribution in [0.15, 0.2) is 77.6 Å². The van der Waals surface area contributed by atoms with E-state index >= 15 is 0 Å². The molecule has 0 saturated heterocycles. The lowest BCUT2D eigenvalue weighted by atomic mass is 9.69. The molecule has 1 unspecified atom stereocenters. The minimum Gasteiger partial charge on any atom is -0.472 e. The van der Waals surface area contributed by atoms with Crippen molar-refractivity contribution < 1.29 is 28.3 Å². The second-order valence-electron chi connectivity index (χ2n) is 11.9. The molecule has 8 heteroatoms. The molecule has 7 nitrogen and oxygen atoms in total. The minimum absolute atomic E-state index is 0.132. The average Bonchev–Trinajstić information content (AvgIpc) is 3.45. The summed E-state index contributed by atoms with van der Waals surface area (Å²) in [4.78, 5) is 15.1. The average molecular weight is 561 g/mol. The number of benzene rings is 2. The van der Waals surface area contributed by atoms with E-state index in [0.717, 1.165) is 24.0 Å². The predicted molar refractivity (Wildman–Crippen MR) is 157 cm³/mol. The van der Waals surface area contributed by atoms with E-state index in [9.17, 15) is 15.4 Å². The maximum absolute atomic E-state index is 12.1. The van der Waals surface area contributed by atoms with Gasteiger partial charge in [-0.3, -0.25) is 0 Å². The number of rotatable bonds is 10. The second-order valence-corrected chi connectivity index (χ2v) is 16.1. The Balaban J connectivity index is 1.66. The van der Waals surface area contributed by atoms with E-state index in [4.69, 9.17) is 13.6 Å². The summed E-state index contributed by atoms with van der Waals surface area (Å²) < 4.78 is 18.2. The molecule has 0 aliphatic heterocycles. The first-order valence-electron chi connectivity index (χ1n) is 14.0. The van der Waals surface area contributed by atoms with Crippen molar-refractivity contribution in [2.45, 2.75) is 83.0 Å². The molecule has 3 aromatic rings. The van der Waals surface area contributed by atoms with Crippen LogP contribution in [0.1, 0.15) is 77.5 Å². The Hall–Kier alpha value is -3.29. The van der Waals surface area contributed by atoms with E-state index in [1.165, 1.54) is 10.4 Å². The van der Waals surface area contributed by atoms with Crippen LogP contribution in [0.25, 0.3) is 5.53 Å². The predicted octanol–water partition coefficient (Wildman–Crippen LogP) is 5.32. The zero-order chi connectivity index (χ0) is 29.0. The van der Waals surface area contributed by atoms with Gasteiger partial charge >= 0.3 is 11.7 Å². The minimum atomic E-state index is -2.78. The van der Waals surface area contributed by atoms with Gasteiger partial charge in [0, 0.05) is 11.1 Å². The summed E-state index contributed by atoms with van der Waals surface area (Å²) in [6, 6.07) is 21.2. The maximum atomic E-state index is 12.1. The first-order valence-corrected chi connectivity index (χ1v) is 15.9. The highest BCUT2D eigenvalue weighted by Crippen LogP contribution is 2.49. The second kappa shape index (κ2) is 12.1. The molecule has 4 rings (SSSR count). The van der Waals surface area contributed by atoms with Crippen molar-refractivity contribution in [2.24, 2.45) is 0 Å². The van der Waals surface area contributed by atoms with Gasteiger partial charge in [0.15, 0.2) is 6.10 Å². The Labute approximate surface area is 237 Å². The molecule has 0 bridgehead atoms. The van der Waals surface area contributed by atoms with Crippen LogP contribution in [0.3, 0.4) is 0 Å².